The summed E-state index contributed by atoms with van der Waals surface area (Å²) in [6.07, 6.45) is 1.78. The van der Waals surface area contributed by atoms with Crippen LogP contribution in [0.5, 0.6) is 0 Å². The summed E-state index contributed by atoms with van der Waals surface area (Å²) in [6.45, 7) is 5.49. The summed E-state index contributed by atoms with van der Waals surface area (Å²) >= 11 is 0. The molecular weight excluding hydrogens is 378 g/mol. The summed E-state index contributed by atoms with van der Waals surface area (Å²) in [6, 6.07) is 3.89. The molecule has 0 unspecified atom stereocenters. The van der Waals surface area contributed by atoms with Gasteiger partial charge in [-0.3, -0.25) is 14.2 Å². The first-order valence-corrected chi connectivity index (χ1v) is 9.46. The number of nitrogens with one attached hydrogen (secondary N) is 1. The predicted octanol–water partition coefficient (Wildman–Crippen LogP) is 1.10. The molecule has 2 rings (SSSR count). The zero-order valence-electron chi connectivity index (χ0n) is 16.8. The first kappa shape index (κ1) is 22.1. The van der Waals surface area contributed by atoms with E-state index in [1.54, 1.807) is 26.0 Å². The number of carbonyl (C=O) groups is 3. The first-order chi connectivity index (χ1) is 13.9. The topological polar surface area (TPSA) is 117 Å². The number of hydrogen-bond acceptors (Lipinski definition) is 7. The molecule has 156 valence electrons. The number of para-hydroxylation sites is 1. The van der Waals surface area contributed by atoms with E-state index in [9.17, 15) is 19.2 Å². The van der Waals surface area contributed by atoms with Crippen LogP contribution in [-0.4, -0.2) is 46.7 Å². The number of esters is 2. The highest BCUT2D eigenvalue weighted by molar-refractivity contribution is 6.02. The van der Waals surface area contributed by atoms with E-state index in [1.807, 2.05) is 13.0 Å². The number of rotatable bonds is 9. The number of nitrogens with zero attached hydrogens (tertiary/aromatic N) is 2. The molecular formula is C20H25N3O6. The number of hydrogen-bond donors (Lipinski definition) is 1. The molecule has 0 atom stereocenters. The van der Waals surface area contributed by atoms with Crippen LogP contribution < -0.4 is 10.9 Å². The van der Waals surface area contributed by atoms with Crippen LogP contribution in [0.15, 0.2) is 29.3 Å². The van der Waals surface area contributed by atoms with Crippen molar-refractivity contribution in [3.63, 3.8) is 0 Å². The molecule has 29 heavy (non-hydrogen) atoms. The van der Waals surface area contributed by atoms with Gasteiger partial charge in [0.2, 0.25) is 11.9 Å². The highest BCUT2D eigenvalue weighted by atomic mass is 16.6. The lowest BCUT2D eigenvalue weighted by molar-refractivity contribution is -0.159. The lowest BCUT2D eigenvalue weighted by Crippen LogP contribution is -2.48. The van der Waals surface area contributed by atoms with Crippen LogP contribution >= 0.6 is 0 Å². The van der Waals surface area contributed by atoms with E-state index in [4.69, 9.17) is 9.47 Å². The third-order valence-electron chi connectivity index (χ3n) is 4.21. The van der Waals surface area contributed by atoms with Crippen molar-refractivity contribution in [3.8, 4) is 0 Å². The van der Waals surface area contributed by atoms with Crippen molar-refractivity contribution in [1.29, 1.82) is 0 Å². The average Bonchev–Trinajstić information content (AvgIpc) is 2.68. The van der Waals surface area contributed by atoms with Crippen LogP contribution in [0.3, 0.4) is 0 Å². The van der Waals surface area contributed by atoms with Crippen LogP contribution in [-0.2, 0) is 30.4 Å². The van der Waals surface area contributed by atoms with Crippen molar-refractivity contribution in [3.05, 3.63) is 40.4 Å². The highest BCUT2D eigenvalue weighted by Crippen LogP contribution is 2.11. The predicted molar refractivity (Wildman–Crippen MR) is 105 cm³/mol. The van der Waals surface area contributed by atoms with Crippen LogP contribution in [0.2, 0.25) is 0 Å². The molecule has 1 aromatic heterocycles. The molecule has 0 aliphatic rings. The molecule has 0 bridgehead atoms. The maximum Gasteiger partial charge on any atom is 0.340 e. The minimum atomic E-state index is -1.50. The summed E-state index contributed by atoms with van der Waals surface area (Å²) in [7, 11) is 0. The number of benzene rings is 1. The van der Waals surface area contributed by atoms with Crippen molar-refractivity contribution in [1.82, 2.24) is 14.9 Å². The summed E-state index contributed by atoms with van der Waals surface area (Å²) < 4.78 is 11.0. The maximum atomic E-state index is 12.6. The third-order valence-corrected chi connectivity index (χ3v) is 4.21. The fraction of sp³-hybridized carbons (Fsp3) is 0.450. The van der Waals surface area contributed by atoms with E-state index in [-0.39, 0.29) is 31.7 Å². The Bertz CT molecular complexity index is 935. The third kappa shape index (κ3) is 5.63. The number of aromatic nitrogens is 2. The van der Waals surface area contributed by atoms with Crippen LogP contribution in [0, 0.1) is 6.92 Å². The maximum absolute atomic E-state index is 12.6. The van der Waals surface area contributed by atoms with Gasteiger partial charge in [0.25, 0.3) is 5.56 Å². The molecule has 0 aliphatic carbocycles. The Morgan fingerprint density at radius 1 is 1.14 bits per heavy atom. The lowest BCUT2D eigenvalue weighted by Gasteiger charge is -2.16. The molecule has 9 nitrogen and oxygen atoms in total. The molecule has 9 heteroatoms. The van der Waals surface area contributed by atoms with E-state index in [0.29, 0.717) is 17.3 Å². The Kier molecular flexibility index (Phi) is 7.88. The van der Waals surface area contributed by atoms with Crippen molar-refractivity contribution in [2.45, 2.75) is 46.2 Å². The SMILES string of the molecule is CCOC(=O)C(NC(=O)CCCn1cnc2c(C)cccc2c1=O)C(=O)OCC. The molecule has 0 radical (unpaired) electrons. The number of fused-ring (bicyclic) bond motifs is 1. The lowest BCUT2D eigenvalue weighted by atomic mass is 10.1. The molecule has 0 saturated carbocycles. The quantitative estimate of drug-likeness (QED) is 0.492. The summed E-state index contributed by atoms with van der Waals surface area (Å²) in [5, 5.41) is 2.85. The number of amides is 1. The van der Waals surface area contributed by atoms with Gasteiger partial charge in [0.05, 0.1) is 30.4 Å². The van der Waals surface area contributed by atoms with Gasteiger partial charge in [-0.1, -0.05) is 12.1 Å². The summed E-state index contributed by atoms with van der Waals surface area (Å²) in [4.78, 5) is 52.8. The number of ether oxygens (including phenoxy) is 2. The van der Waals surface area contributed by atoms with Crippen LogP contribution in [0.1, 0.15) is 32.3 Å². The standard InChI is InChI=1S/C20H25N3O6/c1-4-28-19(26)17(20(27)29-5-2)22-15(24)10-7-11-23-12-21-16-13(3)8-6-9-14(16)18(23)25/h6,8-9,12,17H,4-5,7,10-11H2,1-3H3,(H,22,24). The highest BCUT2D eigenvalue weighted by Gasteiger charge is 2.31. The van der Waals surface area contributed by atoms with Gasteiger partial charge >= 0.3 is 11.9 Å². The van der Waals surface area contributed by atoms with Crippen LogP contribution in [0.4, 0.5) is 0 Å². The second-order valence-electron chi connectivity index (χ2n) is 6.32. The minimum Gasteiger partial charge on any atom is -0.464 e. The van der Waals surface area contributed by atoms with Crippen LogP contribution in [0.25, 0.3) is 10.9 Å². The van der Waals surface area contributed by atoms with Gasteiger partial charge in [0, 0.05) is 13.0 Å². The van der Waals surface area contributed by atoms with E-state index in [0.717, 1.165) is 5.56 Å². The van der Waals surface area contributed by atoms with Crippen molar-refractivity contribution in [2.75, 3.05) is 13.2 Å². The Balaban J connectivity index is 1.98. The smallest absolute Gasteiger partial charge is 0.340 e. The largest absolute Gasteiger partial charge is 0.464 e. The van der Waals surface area contributed by atoms with E-state index in [2.05, 4.69) is 10.3 Å². The first-order valence-electron chi connectivity index (χ1n) is 9.46. The minimum absolute atomic E-state index is 0.00754. The molecule has 1 N–H and O–H groups in total. The molecule has 0 saturated heterocycles. The fourth-order valence-corrected chi connectivity index (χ4v) is 2.81. The molecule has 0 spiro atoms. The number of aryl methyl sites for hydroxylation is 2. The summed E-state index contributed by atoms with van der Waals surface area (Å²) in [5.74, 6) is -2.26. The van der Waals surface area contributed by atoms with Gasteiger partial charge in [-0.25, -0.2) is 14.6 Å². The zero-order chi connectivity index (χ0) is 21.4. The van der Waals surface area contributed by atoms with Gasteiger partial charge in [0.1, 0.15) is 0 Å². The van der Waals surface area contributed by atoms with E-state index >= 15 is 0 Å². The van der Waals surface area contributed by atoms with Gasteiger partial charge in [-0.05, 0) is 38.8 Å². The van der Waals surface area contributed by atoms with Gasteiger partial charge in [0.15, 0.2) is 0 Å². The Morgan fingerprint density at radius 3 is 2.41 bits per heavy atom. The molecule has 0 fully saturated rings. The second kappa shape index (κ2) is 10.4. The molecule has 0 aliphatic heterocycles. The Labute approximate surface area is 168 Å². The van der Waals surface area contributed by atoms with Crippen molar-refractivity contribution < 1.29 is 23.9 Å². The average molecular weight is 403 g/mol. The number of carbonyl (C=O) groups excluding carboxylic acids is 3. The van der Waals surface area contributed by atoms with Gasteiger partial charge in [-0.15, -0.1) is 0 Å². The Morgan fingerprint density at radius 2 is 1.79 bits per heavy atom. The zero-order valence-corrected chi connectivity index (χ0v) is 16.8. The summed E-state index contributed by atoms with van der Waals surface area (Å²) in [5.41, 5.74) is 1.38. The van der Waals surface area contributed by atoms with Crippen molar-refractivity contribution in [2.24, 2.45) is 0 Å². The molecule has 2 aromatic rings. The molecule has 1 aromatic carbocycles. The van der Waals surface area contributed by atoms with Gasteiger partial charge in [-0.2, -0.15) is 0 Å². The fourth-order valence-electron chi connectivity index (χ4n) is 2.81. The molecule has 1 amide bonds. The van der Waals surface area contributed by atoms with Gasteiger partial charge < -0.3 is 14.8 Å². The second-order valence-corrected chi connectivity index (χ2v) is 6.32. The van der Waals surface area contributed by atoms with Crippen molar-refractivity contribution >= 4 is 28.7 Å². The van der Waals surface area contributed by atoms with E-state index < -0.39 is 23.9 Å². The van der Waals surface area contributed by atoms with E-state index in [1.165, 1.54) is 10.9 Å². The Hall–Kier alpha value is -3.23. The monoisotopic (exact) mass is 403 g/mol. The normalized spacial score (nSPS) is 10.8. The molecule has 1 heterocycles.